The van der Waals surface area contributed by atoms with E-state index < -0.39 is 37.9 Å². The Balaban J connectivity index is 3.61. The van der Waals surface area contributed by atoms with E-state index in [0.29, 0.717) is 12.1 Å². The molecule has 0 aliphatic rings. The van der Waals surface area contributed by atoms with Gasteiger partial charge in [-0.25, -0.2) is 8.42 Å². The van der Waals surface area contributed by atoms with E-state index in [2.05, 4.69) is 0 Å². The van der Waals surface area contributed by atoms with Crippen molar-refractivity contribution in [2.75, 3.05) is 0 Å². The molecule has 0 aromatic heterocycles. The maximum absolute atomic E-state index is 12.6. The third kappa shape index (κ3) is 3.25. The second-order valence-electron chi connectivity index (χ2n) is 4.39. The van der Waals surface area contributed by atoms with Crippen molar-refractivity contribution < 1.29 is 34.8 Å². The summed E-state index contributed by atoms with van der Waals surface area (Å²) in [6, 6.07) is 1.25. The molecule has 114 valence electrons. The highest BCUT2D eigenvalue weighted by atomic mass is 32.2. The van der Waals surface area contributed by atoms with Crippen molar-refractivity contribution in [3.63, 3.8) is 0 Å². The van der Waals surface area contributed by atoms with Crippen molar-refractivity contribution in [3.8, 4) is 0 Å². The van der Waals surface area contributed by atoms with E-state index in [0.717, 1.165) is 0 Å². The van der Waals surface area contributed by atoms with Gasteiger partial charge in [-0.3, -0.25) is 0 Å². The maximum Gasteiger partial charge on any atom is 0.501 e. The number of alkyl halides is 6. The van der Waals surface area contributed by atoms with Crippen molar-refractivity contribution in [3.05, 3.63) is 29.3 Å². The molecule has 0 aliphatic heterocycles. The largest absolute Gasteiger partial charge is 0.501 e. The lowest BCUT2D eigenvalue weighted by molar-refractivity contribution is -0.137. The van der Waals surface area contributed by atoms with E-state index in [1.165, 1.54) is 13.8 Å². The molecule has 0 aliphatic carbocycles. The second-order valence-corrected chi connectivity index (χ2v) is 6.33. The van der Waals surface area contributed by atoms with Gasteiger partial charge in [0.25, 0.3) is 9.84 Å². The molecule has 0 saturated heterocycles. The van der Waals surface area contributed by atoms with Crippen molar-refractivity contribution in [1.29, 1.82) is 0 Å². The van der Waals surface area contributed by atoms with Gasteiger partial charge in [-0.05, 0) is 29.7 Å². The molecule has 20 heavy (non-hydrogen) atoms. The standard InChI is InChI=1S/C11H10F6O2S/c1-6(2)7-3-8(10(12,13)14)5-9(4-7)20(18,19)11(15,16)17/h3-6H,1-2H3. The van der Waals surface area contributed by atoms with Crippen LogP contribution >= 0.6 is 0 Å². The van der Waals surface area contributed by atoms with Crippen LogP contribution in [0, 0.1) is 0 Å². The number of hydrogen-bond donors (Lipinski definition) is 0. The summed E-state index contributed by atoms with van der Waals surface area (Å²) in [5.41, 5.74) is -7.21. The zero-order valence-corrected chi connectivity index (χ0v) is 11.1. The van der Waals surface area contributed by atoms with Crippen molar-refractivity contribution in [2.24, 2.45) is 0 Å². The summed E-state index contributed by atoms with van der Waals surface area (Å²) in [7, 11) is -5.82. The minimum absolute atomic E-state index is 0.00525. The first-order valence-electron chi connectivity index (χ1n) is 5.30. The molecule has 0 unspecified atom stereocenters. The van der Waals surface area contributed by atoms with Gasteiger partial charge >= 0.3 is 11.7 Å². The zero-order chi connectivity index (χ0) is 15.9. The number of sulfone groups is 1. The first-order valence-corrected chi connectivity index (χ1v) is 6.78. The van der Waals surface area contributed by atoms with Gasteiger partial charge in [-0.2, -0.15) is 26.3 Å². The van der Waals surface area contributed by atoms with Crippen LogP contribution in [0.15, 0.2) is 23.1 Å². The van der Waals surface area contributed by atoms with Crippen LogP contribution in [0.4, 0.5) is 26.3 Å². The van der Waals surface area contributed by atoms with E-state index in [4.69, 9.17) is 0 Å². The number of benzene rings is 1. The molecule has 1 aromatic rings. The van der Waals surface area contributed by atoms with Crippen LogP contribution in [0.25, 0.3) is 0 Å². The Morgan fingerprint density at radius 3 is 1.80 bits per heavy atom. The Morgan fingerprint density at radius 1 is 0.950 bits per heavy atom. The van der Waals surface area contributed by atoms with Crippen molar-refractivity contribution in [2.45, 2.75) is 36.3 Å². The lowest BCUT2D eigenvalue weighted by atomic mass is 10.0. The number of rotatable bonds is 2. The predicted octanol–water partition coefficient (Wildman–Crippen LogP) is 4.12. The van der Waals surface area contributed by atoms with Crippen LogP contribution in [0.2, 0.25) is 0 Å². The smallest absolute Gasteiger partial charge is 0.214 e. The van der Waals surface area contributed by atoms with Gasteiger partial charge in [0.2, 0.25) is 0 Å². The third-order valence-electron chi connectivity index (χ3n) is 2.54. The molecule has 0 heterocycles. The van der Waals surface area contributed by atoms with Gasteiger partial charge in [0.1, 0.15) is 0 Å². The summed E-state index contributed by atoms with van der Waals surface area (Å²) in [6.45, 7) is 2.89. The molecule has 0 bridgehead atoms. The van der Waals surface area contributed by atoms with Gasteiger partial charge in [-0.15, -0.1) is 0 Å². The Hall–Kier alpha value is -1.25. The Morgan fingerprint density at radius 2 is 1.45 bits per heavy atom. The first-order chi connectivity index (χ1) is 8.76. The van der Waals surface area contributed by atoms with Gasteiger partial charge in [0.15, 0.2) is 0 Å². The molecular weight excluding hydrogens is 310 g/mol. The van der Waals surface area contributed by atoms with Crippen LogP contribution in [0.1, 0.15) is 30.9 Å². The SMILES string of the molecule is CC(C)c1cc(C(F)(F)F)cc(S(=O)(=O)C(F)(F)F)c1. The Bertz CT molecular complexity index is 598. The summed E-state index contributed by atoms with van der Waals surface area (Å²) in [6.07, 6.45) is -4.93. The summed E-state index contributed by atoms with van der Waals surface area (Å²) in [5, 5.41) is 0. The normalized spacial score (nSPS) is 13.8. The second kappa shape index (κ2) is 4.94. The molecule has 0 fully saturated rings. The molecule has 0 atom stereocenters. The number of halogens is 6. The molecule has 1 rings (SSSR count). The summed E-state index contributed by atoms with van der Waals surface area (Å²) in [5.74, 6) is -0.556. The molecule has 0 N–H and O–H groups in total. The highest BCUT2D eigenvalue weighted by Gasteiger charge is 2.47. The molecule has 9 heteroatoms. The minimum Gasteiger partial charge on any atom is -0.214 e. The zero-order valence-electron chi connectivity index (χ0n) is 10.3. The summed E-state index contributed by atoms with van der Waals surface area (Å²) in [4.78, 5) is -1.40. The monoisotopic (exact) mass is 320 g/mol. The highest BCUT2D eigenvalue weighted by molar-refractivity contribution is 7.92. The third-order valence-corrected chi connectivity index (χ3v) is 4.00. The molecule has 2 nitrogen and oxygen atoms in total. The summed E-state index contributed by atoms with van der Waals surface area (Å²) < 4.78 is 97.5. The van der Waals surface area contributed by atoms with Gasteiger partial charge in [0.05, 0.1) is 10.5 Å². The Kier molecular flexibility index (Phi) is 4.15. The van der Waals surface area contributed by atoms with E-state index in [1.54, 1.807) is 0 Å². The van der Waals surface area contributed by atoms with Crippen molar-refractivity contribution in [1.82, 2.24) is 0 Å². The predicted molar refractivity (Wildman–Crippen MR) is 58.8 cm³/mol. The maximum atomic E-state index is 12.6. The molecular formula is C11H10F6O2S. The minimum atomic E-state index is -5.82. The first kappa shape index (κ1) is 16.8. The van der Waals surface area contributed by atoms with E-state index >= 15 is 0 Å². The molecule has 0 saturated carbocycles. The fourth-order valence-corrected chi connectivity index (χ4v) is 2.25. The van der Waals surface area contributed by atoms with Gasteiger partial charge in [-0.1, -0.05) is 13.8 Å². The average Bonchev–Trinajstić information content (AvgIpc) is 2.25. The highest BCUT2D eigenvalue weighted by Crippen LogP contribution is 2.37. The van der Waals surface area contributed by atoms with E-state index in [-0.39, 0.29) is 11.6 Å². The molecule has 0 spiro atoms. The van der Waals surface area contributed by atoms with Gasteiger partial charge < -0.3 is 0 Å². The lowest BCUT2D eigenvalue weighted by Gasteiger charge is -2.15. The molecule has 1 aromatic carbocycles. The quantitative estimate of drug-likeness (QED) is 0.768. The average molecular weight is 320 g/mol. The molecule has 0 radical (unpaired) electrons. The molecule has 0 amide bonds. The summed E-state index contributed by atoms with van der Waals surface area (Å²) >= 11 is 0. The van der Waals surface area contributed by atoms with Crippen LogP contribution in [0.5, 0.6) is 0 Å². The van der Waals surface area contributed by atoms with Crippen LogP contribution in [-0.4, -0.2) is 13.9 Å². The Labute approximate surface area is 111 Å². The van der Waals surface area contributed by atoms with E-state index in [9.17, 15) is 34.8 Å². The fourth-order valence-electron chi connectivity index (χ4n) is 1.41. The topological polar surface area (TPSA) is 34.1 Å². The fraction of sp³-hybridized carbons (Fsp3) is 0.455. The van der Waals surface area contributed by atoms with Crippen molar-refractivity contribution >= 4 is 9.84 Å². The number of hydrogen-bond acceptors (Lipinski definition) is 2. The van der Waals surface area contributed by atoms with Gasteiger partial charge in [0, 0.05) is 0 Å². The van der Waals surface area contributed by atoms with Crippen LogP contribution in [-0.2, 0) is 16.0 Å². The van der Waals surface area contributed by atoms with Crippen LogP contribution in [0.3, 0.4) is 0 Å². The van der Waals surface area contributed by atoms with Crippen LogP contribution < -0.4 is 0 Å². The lowest BCUT2D eigenvalue weighted by Crippen LogP contribution is -2.24. The van der Waals surface area contributed by atoms with E-state index in [1.807, 2.05) is 0 Å².